The molecule has 35 heavy (non-hydrogen) atoms. The van der Waals surface area contributed by atoms with E-state index in [4.69, 9.17) is 18.9 Å². The van der Waals surface area contributed by atoms with Gasteiger partial charge in [0.25, 0.3) is 0 Å². The van der Waals surface area contributed by atoms with Crippen LogP contribution >= 0.6 is 0 Å². The summed E-state index contributed by atoms with van der Waals surface area (Å²) in [5, 5.41) is 0. The molecule has 0 saturated carbocycles. The average Bonchev–Trinajstić information content (AvgIpc) is 2.84. The molecule has 12 heteroatoms. The van der Waals surface area contributed by atoms with E-state index in [0.29, 0.717) is 63.7 Å². The molecule has 0 spiro atoms. The summed E-state index contributed by atoms with van der Waals surface area (Å²) >= 11 is 0. The predicted octanol–water partition coefficient (Wildman–Crippen LogP) is 1.95. The summed E-state index contributed by atoms with van der Waals surface area (Å²) in [5.74, 6) is -0.519. The molecular weight excluding hydrogens is 481 g/mol. The summed E-state index contributed by atoms with van der Waals surface area (Å²) in [6, 6.07) is 3.42. The minimum absolute atomic E-state index is 0.0225. The van der Waals surface area contributed by atoms with Crippen molar-refractivity contribution in [2.24, 2.45) is 0 Å². The van der Waals surface area contributed by atoms with E-state index in [1.54, 1.807) is 6.92 Å². The molecule has 0 aliphatic carbocycles. The van der Waals surface area contributed by atoms with Crippen LogP contribution in [0.15, 0.2) is 29.4 Å². The van der Waals surface area contributed by atoms with Gasteiger partial charge >= 0.3 is 0 Å². The van der Waals surface area contributed by atoms with Crippen LogP contribution in [0.25, 0.3) is 0 Å². The van der Waals surface area contributed by atoms with E-state index in [1.807, 2.05) is 0 Å². The van der Waals surface area contributed by atoms with Crippen LogP contribution in [0, 0.1) is 12.7 Å². The lowest BCUT2D eigenvalue weighted by atomic mass is 10.1. The first kappa shape index (κ1) is 25.4. The first-order valence-corrected chi connectivity index (χ1v) is 13.2. The molecule has 0 bridgehead atoms. The Balaban J connectivity index is 1.34. The Hall–Kier alpha value is -2.67. The second-order valence-corrected chi connectivity index (χ2v) is 10.6. The lowest BCUT2D eigenvalue weighted by Gasteiger charge is -2.32. The Morgan fingerprint density at radius 3 is 2.60 bits per heavy atom. The van der Waals surface area contributed by atoms with Gasteiger partial charge in [-0.2, -0.15) is 0 Å². The molecule has 0 amide bonds. The van der Waals surface area contributed by atoms with Gasteiger partial charge in [0.05, 0.1) is 36.8 Å². The van der Waals surface area contributed by atoms with Crippen LogP contribution in [-0.4, -0.2) is 87.0 Å². The third-order valence-electron chi connectivity index (χ3n) is 5.90. The molecule has 2 saturated heterocycles. The van der Waals surface area contributed by atoms with E-state index in [0.717, 1.165) is 12.3 Å². The zero-order chi connectivity index (χ0) is 25.0. The zero-order valence-corrected chi connectivity index (χ0v) is 20.4. The van der Waals surface area contributed by atoms with Crippen LogP contribution < -0.4 is 9.47 Å². The highest BCUT2D eigenvalue weighted by Gasteiger charge is 2.28. The molecular formula is C23H28FN3O7S. The number of carbonyl (C=O) groups excluding carboxylic acids is 1. The highest BCUT2D eigenvalue weighted by molar-refractivity contribution is 7.90. The second-order valence-electron chi connectivity index (χ2n) is 8.57. The number of sulfone groups is 1. The third-order valence-corrected chi connectivity index (χ3v) is 7.01. The van der Waals surface area contributed by atoms with Gasteiger partial charge < -0.3 is 18.9 Å². The van der Waals surface area contributed by atoms with E-state index < -0.39 is 21.8 Å². The SMILES string of the molecule is Cc1c(Oc2ccc(S(C)(=O)=O)cc2F)ncnc1OC1CCN(CC(=O)C2COCCO2)CC1. The van der Waals surface area contributed by atoms with Crippen LogP contribution in [0.1, 0.15) is 18.4 Å². The number of halogens is 1. The largest absolute Gasteiger partial charge is 0.474 e. The Morgan fingerprint density at radius 2 is 1.94 bits per heavy atom. The number of nitrogens with zero attached hydrogens (tertiary/aromatic N) is 3. The Bertz CT molecular complexity index is 1160. The summed E-state index contributed by atoms with van der Waals surface area (Å²) in [6.45, 7) is 4.66. The molecule has 10 nitrogen and oxygen atoms in total. The van der Waals surface area contributed by atoms with Crippen molar-refractivity contribution in [1.82, 2.24) is 14.9 Å². The fourth-order valence-electron chi connectivity index (χ4n) is 3.88. The number of likely N-dealkylation sites (tertiary alicyclic amines) is 1. The van der Waals surface area contributed by atoms with Crippen molar-refractivity contribution >= 4 is 15.6 Å². The van der Waals surface area contributed by atoms with Gasteiger partial charge in [0, 0.05) is 19.3 Å². The van der Waals surface area contributed by atoms with Crippen LogP contribution in [0.5, 0.6) is 17.5 Å². The van der Waals surface area contributed by atoms with Crippen molar-refractivity contribution in [3.8, 4) is 17.5 Å². The number of piperidine rings is 1. The Labute approximate surface area is 203 Å². The molecule has 190 valence electrons. The van der Waals surface area contributed by atoms with Gasteiger partial charge in [-0.25, -0.2) is 22.8 Å². The molecule has 1 aromatic carbocycles. The molecule has 1 atom stereocenters. The number of benzene rings is 1. The average molecular weight is 510 g/mol. The highest BCUT2D eigenvalue weighted by atomic mass is 32.2. The fraction of sp³-hybridized carbons (Fsp3) is 0.522. The minimum atomic E-state index is -3.54. The van der Waals surface area contributed by atoms with Gasteiger partial charge in [-0.05, 0) is 38.0 Å². The lowest BCUT2D eigenvalue weighted by Crippen LogP contribution is -2.45. The van der Waals surface area contributed by atoms with Crippen molar-refractivity contribution in [2.45, 2.75) is 36.9 Å². The molecule has 2 fully saturated rings. The summed E-state index contributed by atoms with van der Waals surface area (Å²) in [6.07, 6.45) is 3.08. The van der Waals surface area contributed by atoms with Gasteiger partial charge in [0.2, 0.25) is 11.8 Å². The van der Waals surface area contributed by atoms with Crippen molar-refractivity contribution < 1.29 is 36.6 Å². The van der Waals surface area contributed by atoms with Crippen molar-refractivity contribution in [2.75, 3.05) is 45.7 Å². The molecule has 4 rings (SSSR count). The summed E-state index contributed by atoms with van der Waals surface area (Å²) in [5.41, 5.74) is 0.492. The molecule has 3 heterocycles. The van der Waals surface area contributed by atoms with E-state index in [9.17, 15) is 17.6 Å². The zero-order valence-electron chi connectivity index (χ0n) is 19.6. The number of hydrogen-bond acceptors (Lipinski definition) is 10. The maximum Gasteiger partial charge on any atom is 0.229 e. The van der Waals surface area contributed by atoms with E-state index in [1.165, 1.54) is 18.5 Å². The number of aromatic nitrogens is 2. The van der Waals surface area contributed by atoms with E-state index >= 15 is 0 Å². The number of carbonyl (C=O) groups is 1. The first-order valence-electron chi connectivity index (χ1n) is 11.3. The quantitative estimate of drug-likeness (QED) is 0.523. The summed E-state index contributed by atoms with van der Waals surface area (Å²) in [4.78, 5) is 22.6. The van der Waals surface area contributed by atoms with Gasteiger partial charge in [-0.1, -0.05) is 0 Å². The number of Topliss-reactive ketones (excluding diaryl/α,β-unsaturated/α-hetero) is 1. The van der Waals surface area contributed by atoms with E-state index in [-0.39, 0.29) is 28.4 Å². The van der Waals surface area contributed by atoms with Crippen LogP contribution in [-0.2, 0) is 24.1 Å². The van der Waals surface area contributed by atoms with Gasteiger partial charge in [0.15, 0.2) is 27.2 Å². The maximum atomic E-state index is 14.4. The molecule has 1 aromatic heterocycles. The highest BCUT2D eigenvalue weighted by Crippen LogP contribution is 2.31. The fourth-order valence-corrected chi connectivity index (χ4v) is 4.51. The van der Waals surface area contributed by atoms with Gasteiger partial charge in [-0.3, -0.25) is 9.69 Å². The maximum absolute atomic E-state index is 14.4. The molecule has 2 aromatic rings. The number of ketones is 1. The van der Waals surface area contributed by atoms with Gasteiger partial charge in [-0.15, -0.1) is 0 Å². The lowest BCUT2D eigenvalue weighted by molar-refractivity contribution is -0.146. The molecule has 2 aliphatic rings. The molecule has 2 aliphatic heterocycles. The normalized spacial score (nSPS) is 19.9. The third kappa shape index (κ3) is 6.51. The van der Waals surface area contributed by atoms with Gasteiger partial charge in [0.1, 0.15) is 18.5 Å². The summed E-state index contributed by atoms with van der Waals surface area (Å²) < 4.78 is 60.1. The smallest absolute Gasteiger partial charge is 0.229 e. The van der Waals surface area contributed by atoms with Crippen molar-refractivity contribution in [1.29, 1.82) is 0 Å². The number of ether oxygens (including phenoxy) is 4. The van der Waals surface area contributed by atoms with Crippen LogP contribution in [0.2, 0.25) is 0 Å². The second kappa shape index (κ2) is 10.9. The van der Waals surface area contributed by atoms with Crippen molar-refractivity contribution in [3.05, 3.63) is 35.9 Å². The van der Waals surface area contributed by atoms with Crippen molar-refractivity contribution in [3.63, 3.8) is 0 Å². The predicted molar refractivity (Wildman–Crippen MR) is 122 cm³/mol. The topological polar surface area (TPSA) is 117 Å². The van der Waals surface area contributed by atoms with Crippen LogP contribution in [0.3, 0.4) is 0 Å². The first-order chi connectivity index (χ1) is 16.7. The summed E-state index contributed by atoms with van der Waals surface area (Å²) in [7, 11) is -3.54. The standard InChI is InChI=1S/C23H28FN3O7S/c1-15-22(25-14-26-23(15)34-20-4-3-17(11-18(20)24)35(2,29)30)33-16-5-7-27(8-6-16)12-19(28)21-13-31-9-10-32-21/h3-4,11,14,16,21H,5-10,12-13H2,1-2H3. The number of rotatable bonds is 8. The van der Waals surface area contributed by atoms with Crippen LogP contribution in [0.4, 0.5) is 4.39 Å². The molecule has 0 N–H and O–H groups in total. The number of hydrogen-bond donors (Lipinski definition) is 0. The minimum Gasteiger partial charge on any atom is -0.474 e. The Kier molecular flexibility index (Phi) is 7.95. The monoisotopic (exact) mass is 509 g/mol. The van der Waals surface area contributed by atoms with E-state index in [2.05, 4.69) is 14.9 Å². The molecule has 1 unspecified atom stereocenters. The molecule has 0 radical (unpaired) electrons. The Morgan fingerprint density at radius 1 is 1.20 bits per heavy atom.